The summed E-state index contributed by atoms with van der Waals surface area (Å²) in [6, 6.07) is 11.7. The van der Waals surface area contributed by atoms with Gasteiger partial charge in [-0.15, -0.1) is 11.8 Å². The number of halogens is 2. The Bertz CT molecular complexity index is 1260. The van der Waals surface area contributed by atoms with E-state index in [4.69, 9.17) is 4.74 Å². The van der Waals surface area contributed by atoms with E-state index in [1.54, 1.807) is 7.11 Å². The van der Waals surface area contributed by atoms with Gasteiger partial charge in [0.2, 0.25) is 0 Å². The topological polar surface area (TPSA) is 65.9 Å². The second-order valence-corrected chi connectivity index (χ2v) is 11.7. The summed E-state index contributed by atoms with van der Waals surface area (Å²) in [6.45, 7) is 2.36. The van der Waals surface area contributed by atoms with Crippen LogP contribution in [0.1, 0.15) is 37.3 Å². The van der Waals surface area contributed by atoms with Crippen LogP contribution in [0.2, 0.25) is 0 Å². The number of aliphatic carboxylic acids is 1. The Morgan fingerprint density at radius 2 is 1.95 bits per heavy atom. The first-order valence-corrected chi connectivity index (χ1v) is 14.3. The summed E-state index contributed by atoms with van der Waals surface area (Å²) in [5.74, 6) is -0.0622. The smallest absolute Gasteiger partial charge is 0.303 e. The number of thioether (sulfide) groups is 1. The lowest BCUT2D eigenvalue weighted by Crippen LogP contribution is -2.42. The maximum Gasteiger partial charge on any atom is 0.303 e. The predicted molar refractivity (Wildman–Crippen MR) is 151 cm³/mol. The molecule has 2 heterocycles. The molecule has 4 rings (SSSR count). The van der Waals surface area contributed by atoms with Gasteiger partial charge in [0.15, 0.2) is 0 Å². The van der Waals surface area contributed by atoms with Crippen molar-refractivity contribution in [3.63, 3.8) is 0 Å². The summed E-state index contributed by atoms with van der Waals surface area (Å²) in [5, 5.41) is 10.7. The number of aromatic nitrogens is 1. The Kier molecular flexibility index (Phi) is 10.2. The Labute approximate surface area is 233 Å². The zero-order valence-electron chi connectivity index (χ0n) is 22.8. The van der Waals surface area contributed by atoms with Crippen LogP contribution in [0.4, 0.5) is 8.78 Å². The van der Waals surface area contributed by atoms with E-state index in [1.807, 2.05) is 24.4 Å². The first-order chi connectivity index (χ1) is 18.7. The normalized spacial score (nSPS) is 18.9. The molecule has 1 aliphatic rings. The molecule has 0 aliphatic carbocycles. The molecule has 3 atom stereocenters. The van der Waals surface area contributed by atoms with E-state index in [2.05, 4.69) is 34.9 Å². The van der Waals surface area contributed by atoms with Crippen LogP contribution in [0.5, 0.6) is 5.75 Å². The molecule has 9 heteroatoms. The van der Waals surface area contributed by atoms with Crippen LogP contribution in [0.3, 0.4) is 0 Å². The lowest BCUT2D eigenvalue weighted by Gasteiger charge is -2.39. The third kappa shape index (κ3) is 7.90. The quantitative estimate of drug-likeness (QED) is 0.270. The van der Waals surface area contributed by atoms with Crippen LogP contribution in [-0.4, -0.2) is 72.5 Å². The number of benzene rings is 2. The van der Waals surface area contributed by atoms with Crippen LogP contribution in [-0.2, 0) is 4.79 Å². The van der Waals surface area contributed by atoms with Gasteiger partial charge in [-0.1, -0.05) is 0 Å². The Morgan fingerprint density at radius 3 is 2.64 bits per heavy atom. The molecule has 1 aliphatic heterocycles. The highest BCUT2D eigenvalue weighted by atomic mass is 32.2. The molecule has 1 aromatic heterocycles. The maximum atomic E-state index is 13.5. The molecule has 0 unspecified atom stereocenters. The molecule has 0 saturated carbocycles. The molecule has 0 bridgehead atoms. The number of hydrogen-bond donors (Lipinski definition) is 1. The minimum absolute atomic E-state index is 0.0601. The van der Waals surface area contributed by atoms with Crippen molar-refractivity contribution < 1.29 is 23.4 Å². The highest BCUT2D eigenvalue weighted by Gasteiger charge is 2.31. The van der Waals surface area contributed by atoms with Crippen LogP contribution < -0.4 is 4.74 Å². The summed E-state index contributed by atoms with van der Waals surface area (Å²) in [4.78, 5) is 21.4. The van der Waals surface area contributed by atoms with Gasteiger partial charge < -0.3 is 19.6 Å². The molecular weight excluding hydrogens is 520 g/mol. The Hall–Kier alpha value is -2.75. The second-order valence-electron chi connectivity index (χ2n) is 10.5. The summed E-state index contributed by atoms with van der Waals surface area (Å²) < 4.78 is 32.4. The Balaban J connectivity index is 1.40. The lowest BCUT2D eigenvalue weighted by atomic mass is 9.79. The molecule has 1 fully saturated rings. The third-order valence-electron chi connectivity index (χ3n) is 7.70. The largest absolute Gasteiger partial charge is 0.497 e. The fraction of sp³-hybridized carbons (Fsp3) is 0.467. The highest BCUT2D eigenvalue weighted by Crippen LogP contribution is 2.36. The molecule has 2 aromatic carbocycles. The fourth-order valence-corrected chi connectivity index (χ4v) is 6.70. The standard InChI is InChI=1S/C30H37F2N3O3S/c1-34(2)29(26-8-10-33-28-6-5-24(38-3)18-27(26)28)7-4-20-9-11-35(19-21(20)14-30(36)37)12-13-39-25-16-22(31)15-23(32)17-25/h5-6,8,10,15-18,20-21,29H,4,7,9,11-14,19H2,1-3H3,(H,36,37)/t20-,21+,29-/m1/s1. The molecule has 0 spiro atoms. The maximum absolute atomic E-state index is 13.5. The number of rotatable bonds is 12. The molecule has 3 aromatic rings. The number of methoxy groups -OCH3 is 1. The zero-order chi connectivity index (χ0) is 27.9. The van der Waals surface area contributed by atoms with Gasteiger partial charge in [0.05, 0.1) is 12.6 Å². The summed E-state index contributed by atoms with van der Waals surface area (Å²) in [6.07, 6.45) is 4.77. The van der Waals surface area contributed by atoms with E-state index < -0.39 is 17.6 Å². The molecule has 0 radical (unpaired) electrons. The van der Waals surface area contributed by atoms with E-state index >= 15 is 0 Å². The van der Waals surface area contributed by atoms with Crippen LogP contribution >= 0.6 is 11.8 Å². The number of carboxylic acids is 1. The number of carboxylic acid groups (broad SMARTS) is 1. The average Bonchev–Trinajstić information content (AvgIpc) is 2.88. The van der Waals surface area contributed by atoms with Gasteiger partial charge in [0, 0.05) is 53.8 Å². The molecule has 1 N–H and O–H groups in total. The molecular formula is C30H37F2N3O3S. The predicted octanol–water partition coefficient (Wildman–Crippen LogP) is 6.11. The van der Waals surface area contributed by atoms with E-state index in [9.17, 15) is 18.7 Å². The van der Waals surface area contributed by atoms with Crippen LogP contribution in [0.15, 0.2) is 53.6 Å². The van der Waals surface area contributed by atoms with E-state index in [0.29, 0.717) is 16.6 Å². The van der Waals surface area contributed by atoms with Gasteiger partial charge in [0.25, 0.3) is 0 Å². The second kappa shape index (κ2) is 13.5. The first-order valence-electron chi connectivity index (χ1n) is 13.4. The average molecular weight is 558 g/mol. The highest BCUT2D eigenvalue weighted by molar-refractivity contribution is 7.99. The third-order valence-corrected chi connectivity index (χ3v) is 8.66. The van der Waals surface area contributed by atoms with Crippen molar-refractivity contribution in [3.05, 3.63) is 65.9 Å². The minimum Gasteiger partial charge on any atom is -0.497 e. The molecule has 0 amide bonds. The number of fused-ring (bicyclic) bond motifs is 1. The van der Waals surface area contributed by atoms with Crippen molar-refractivity contribution >= 4 is 28.6 Å². The van der Waals surface area contributed by atoms with Gasteiger partial charge in [-0.05, 0) is 93.7 Å². The molecule has 6 nitrogen and oxygen atoms in total. The van der Waals surface area contributed by atoms with Gasteiger partial charge in [-0.3, -0.25) is 9.78 Å². The zero-order valence-corrected chi connectivity index (χ0v) is 23.6. The van der Waals surface area contributed by atoms with E-state index in [-0.39, 0.29) is 18.4 Å². The van der Waals surface area contributed by atoms with Gasteiger partial charge in [-0.2, -0.15) is 0 Å². The number of piperidine rings is 1. The van der Waals surface area contributed by atoms with Crippen molar-refractivity contribution in [2.24, 2.45) is 11.8 Å². The lowest BCUT2D eigenvalue weighted by molar-refractivity contribution is -0.139. The van der Waals surface area contributed by atoms with Crippen molar-refractivity contribution in [1.29, 1.82) is 0 Å². The number of carbonyl (C=O) groups is 1. The molecule has 39 heavy (non-hydrogen) atoms. The number of pyridine rings is 1. The minimum atomic E-state index is -0.771. The molecule has 1 saturated heterocycles. The summed E-state index contributed by atoms with van der Waals surface area (Å²) in [5.41, 5.74) is 2.12. The number of likely N-dealkylation sites (tertiary alicyclic amines) is 1. The number of nitrogens with zero attached hydrogens (tertiary/aromatic N) is 3. The first kappa shape index (κ1) is 29.2. The molecule has 210 valence electrons. The van der Waals surface area contributed by atoms with Crippen molar-refractivity contribution in [1.82, 2.24) is 14.8 Å². The van der Waals surface area contributed by atoms with Gasteiger partial charge in [0.1, 0.15) is 17.4 Å². The SMILES string of the molecule is COc1ccc2nccc([C@@H](CC[C@@H]3CCN(CCSc4cc(F)cc(F)c4)C[C@@H]3CC(=O)O)N(C)C)c2c1. The van der Waals surface area contributed by atoms with E-state index in [1.165, 1.54) is 29.5 Å². The van der Waals surface area contributed by atoms with E-state index in [0.717, 1.165) is 61.6 Å². The van der Waals surface area contributed by atoms with Crippen molar-refractivity contribution in [2.75, 3.05) is 46.6 Å². The van der Waals surface area contributed by atoms with Crippen molar-refractivity contribution in [3.8, 4) is 5.75 Å². The van der Waals surface area contributed by atoms with Crippen LogP contribution in [0, 0.1) is 23.5 Å². The van der Waals surface area contributed by atoms with Crippen molar-refractivity contribution in [2.45, 2.75) is 36.6 Å². The Morgan fingerprint density at radius 1 is 1.18 bits per heavy atom. The summed E-state index contributed by atoms with van der Waals surface area (Å²) >= 11 is 1.42. The number of ether oxygens (including phenoxy) is 1. The number of hydrogen-bond acceptors (Lipinski definition) is 6. The van der Waals surface area contributed by atoms with Crippen LogP contribution in [0.25, 0.3) is 10.9 Å². The van der Waals surface area contributed by atoms with Gasteiger partial charge in [-0.25, -0.2) is 8.78 Å². The fourth-order valence-electron chi connectivity index (χ4n) is 5.73. The summed E-state index contributed by atoms with van der Waals surface area (Å²) in [7, 11) is 5.82. The monoisotopic (exact) mass is 557 g/mol. The van der Waals surface area contributed by atoms with Gasteiger partial charge >= 0.3 is 5.97 Å².